The van der Waals surface area contributed by atoms with Crippen LogP contribution in [0.2, 0.25) is 0 Å². The Kier molecular flexibility index (Phi) is 13.4. The Morgan fingerprint density at radius 3 is 2.25 bits per heavy atom. The molecule has 5 heteroatoms. The second-order valence-corrected chi connectivity index (χ2v) is 3.63. The van der Waals surface area contributed by atoms with E-state index in [1.54, 1.807) is 0 Å². The van der Waals surface area contributed by atoms with Crippen molar-refractivity contribution in [3.05, 3.63) is 0 Å². The molecule has 1 radical (unpaired) electrons. The van der Waals surface area contributed by atoms with E-state index in [0.29, 0.717) is 0 Å². The van der Waals surface area contributed by atoms with Crippen molar-refractivity contribution < 1.29 is 19.4 Å². The van der Waals surface area contributed by atoms with Crippen LogP contribution >= 0.6 is 0 Å². The van der Waals surface area contributed by atoms with Crippen LogP contribution in [-0.2, 0) is 14.3 Å². The van der Waals surface area contributed by atoms with Gasteiger partial charge in [-0.15, -0.1) is 0 Å². The van der Waals surface area contributed by atoms with Gasteiger partial charge < -0.3 is 9.84 Å². The average molecular weight is 239 g/mol. The molecule has 0 fully saturated rings. The van der Waals surface area contributed by atoms with E-state index in [4.69, 9.17) is 5.11 Å². The zero-order valence-electron chi connectivity index (χ0n) is 10.5. The minimum Gasteiger partial charge on any atom is -0.391 e. The van der Waals surface area contributed by atoms with Gasteiger partial charge in [-0.25, -0.2) is 4.79 Å². The van der Waals surface area contributed by atoms with Gasteiger partial charge in [0.2, 0.25) is 0 Å². The molecule has 1 atom stereocenters. The summed E-state index contributed by atoms with van der Waals surface area (Å²) in [5, 5.41) is 8.78. The first-order valence-corrected chi connectivity index (χ1v) is 5.50. The molecule has 1 N–H and O–H groups in total. The molecule has 0 saturated heterocycles. The smallest absolute Gasteiger partial charge is 0.342 e. The third-order valence-electron chi connectivity index (χ3n) is 2.04. The maximum absolute atomic E-state index is 11.0. The van der Waals surface area contributed by atoms with Crippen molar-refractivity contribution >= 4 is 41.5 Å². The summed E-state index contributed by atoms with van der Waals surface area (Å²) in [7, 11) is 0. The Balaban J connectivity index is 0. The van der Waals surface area contributed by atoms with Crippen LogP contribution in [0.4, 0.5) is 0 Å². The van der Waals surface area contributed by atoms with E-state index in [1.165, 1.54) is 13.3 Å². The zero-order valence-corrected chi connectivity index (χ0v) is 12.5. The maximum Gasteiger partial charge on any atom is 0.342 e. The van der Waals surface area contributed by atoms with E-state index in [1.807, 2.05) is 0 Å². The predicted molar refractivity (Wildman–Crippen MR) is 61.9 cm³/mol. The van der Waals surface area contributed by atoms with Crippen molar-refractivity contribution in [2.75, 3.05) is 0 Å². The van der Waals surface area contributed by atoms with Gasteiger partial charge >= 0.3 is 11.9 Å². The predicted octanol–water partition coefficient (Wildman–Crippen LogP) is 1.42. The van der Waals surface area contributed by atoms with Crippen LogP contribution in [0.1, 0.15) is 52.4 Å². The molecule has 0 heterocycles. The number of aliphatic hydroxyl groups excluding tert-OH is 1. The van der Waals surface area contributed by atoms with Gasteiger partial charge in [0.1, 0.15) is 6.10 Å². The summed E-state index contributed by atoms with van der Waals surface area (Å²) in [5.74, 6) is -1.41. The van der Waals surface area contributed by atoms with Crippen molar-refractivity contribution in [3.63, 3.8) is 0 Å². The zero-order chi connectivity index (χ0) is 11.7. The van der Waals surface area contributed by atoms with Crippen molar-refractivity contribution in [1.29, 1.82) is 0 Å². The molecule has 0 aromatic rings. The first-order valence-electron chi connectivity index (χ1n) is 5.50. The second kappa shape index (κ2) is 11.6. The largest absolute Gasteiger partial charge is 0.391 e. The average Bonchev–Trinajstić information content (AvgIpc) is 2.17. The number of ether oxygens (including phenoxy) is 1. The minimum atomic E-state index is -1.23. The summed E-state index contributed by atoms with van der Waals surface area (Å²) in [6.07, 6.45) is 4.18. The molecular weight excluding hydrogens is 219 g/mol. The fourth-order valence-electron chi connectivity index (χ4n) is 1.12. The molecule has 0 saturated carbocycles. The Morgan fingerprint density at radius 2 is 1.75 bits per heavy atom. The van der Waals surface area contributed by atoms with Crippen LogP contribution < -0.4 is 0 Å². The molecule has 0 aromatic carbocycles. The molecule has 0 spiro atoms. The van der Waals surface area contributed by atoms with Gasteiger partial charge in [-0.3, -0.25) is 4.79 Å². The molecule has 0 aromatic heterocycles. The summed E-state index contributed by atoms with van der Waals surface area (Å²) >= 11 is 0. The normalized spacial score (nSPS) is 11.4. The maximum atomic E-state index is 11.0. The molecule has 0 rings (SSSR count). The first kappa shape index (κ1) is 18.5. The van der Waals surface area contributed by atoms with Crippen molar-refractivity contribution in [2.24, 2.45) is 0 Å². The molecule has 4 nitrogen and oxygen atoms in total. The summed E-state index contributed by atoms with van der Waals surface area (Å²) in [6, 6.07) is 0. The monoisotopic (exact) mass is 239 g/mol. The number of esters is 2. The topological polar surface area (TPSA) is 63.6 Å². The third-order valence-corrected chi connectivity index (χ3v) is 2.04. The van der Waals surface area contributed by atoms with E-state index in [0.717, 1.165) is 25.7 Å². The third kappa shape index (κ3) is 10.6. The number of unbranched alkanes of at least 4 members (excludes halogenated alkanes) is 4. The molecule has 16 heavy (non-hydrogen) atoms. The molecule has 0 amide bonds. The van der Waals surface area contributed by atoms with Crippen molar-refractivity contribution in [3.8, 4) is 0 Å². The van der Waals surface area contributed by atoms with Gasteiger partial charge in [0, 0.05) is 36.0 Å². The van der Waals surface area contributed by atoms with E-state index in [9.17, 15) is 9.59 Å². The van der Waals surface area contributed by atoms with E-state index in [2.05, 4.69) is 11.7 Å². The Labute approximate surface area is 119 Å². The summed E-state index contributed by atoms with van der Waals surface area (Å²) in [5.41, 5.74) is 0. The first-order chi connectivity index (χ1) is 7.07. The number of rotatable bonds is 7. The summed E-state index contributed by atoms with van der Waals surface area (Å²) < 4.78 is 4.39. The van der Waals surface area contributed by atoms with E-state index < -0.39 is 18.0 Å². The van der Waals surface area contributed by atoms with E-state index in [-0.39, 0.29) is 36.0 Å². The van der Waals surface area contributed by atoms with Gasteiger partial charge in [0.05, 0.1) is 0 Å². The molecule has 1 unspecified atom stereocenters. The summed E-state index contributed by atoms with van der Waals surface area (Å²) in [6.45, 7) is 3.40. The Morgan fingerprint density at radius 1 is 1.19 bits per heavy atom. The molecule has 89 valence electrons. The van der Waals surface area contributed by atoms with Gasteiger partial charge in [-0.2, -0.15) is 0 Å². The number of aliphatic hydroxyl groups is 1. The van der Waals surface area contributed by atoms with Gasteiger partial charge in [0.15, 0.2) is 0 Å². The number of hydrogen-bond acceptors (Lipinski definition) is 4. The Hall–Kier alpha value is 0.1000. The van der Waals surface area contributed by atoms with Crippen LogP contribution in [-0.4, -0.2) is 52.7 Å². The van der Waals surface area contributed by atoms with Crippen molar-refractivity contribution in [2.45, 2.75) is 58.5 Å². The SMILES string of the molecule is CCCCCCCC(=O)OC(=O)C(C)O.[Na]. The van der Waals surface area contributed by atoms with Gasteiger partial charge in [-0.1, -0.05) is 32.6 Å². The van der Waals surface area contributed by atoms with Gasteiger partial charge in [0.25, 0.3) is 0 Å². The molecule has 0 aliphatic rings. The Bertz CT molecular complexity index is 204. The molecule has 0 aliphatic carbocycles. The molecule has 0 bridgehead atoms. The van der Waals surface area contributed by atoms with Crippen LogP contribution in [0.5, 0.6) is 0 Å². The summed E-state index contributed by atoms with van der Waals surface area (Å²) in [4.78, 5) is 21.8. The molecule has 0 aliphatic heterocycles. The second-order valence-electron chi connectivity index (χ2n) is 3.63. The fourth-order valence-corrected chi connectivity index (χ4v) is 1.12. The van der Waals surface area contributed by atoms with E-state index >= 15 is 0 Å². The number of hydrogen-bond donors (Lipinski definition) is 1. The van der Waals surface area contributed by atoms with Crippen molar-refractivity contribution in [1.82, 2.24) is 0 Å². The number of carbonyl (C=O) groups excluding carboxylic acids is 2. The minimum absolute atomic E-state index is 0. The fraction of sp³-hybridized carbons (Fsp3) is 0.818. The van der Waals surface area contributed by atoms with Gasteiger partial charge in [-0.05, 0) is 13.3 Å². The number of carbonyl (C=O) groups is 2. The van der Waals surface area contributed by atoms with Crippen LogP contribution in [0.3, 0.4) is 0 Å². The quantitative estimate of drug-likeness (QED) is 0.316. The van der Waals surface area contributed by atoms with Crippen LogP contribution in [0.25, 0.3) is 0 Å². The van der Waals surface area contributed by atoms with Crippen LogP contribution in [0, 0.1) is 0 Å². The molecular formula is C11H20NaO4. The van der Waals surface area contributed by atoms with Crippen LogP contribution in [0.15, 0.2) is 0 Å². The standard InChI is InChI=1S/C11H20O4.Na/c1-3-4-5-6-7-8-10(13)15-11(14)9(2)12;/h9,12H,3-8H2,1-2H3;.